The average molecular weight is 549 g/mol. The van der Waals surface area contributed by atoms with Crippen molar-refractivity contribution < 1.29 is 28.5 Å². The first kappa shape index (κ1) is 27.2. The zero-order chi connectivity index (χ0) is 25.0. The number of hydrogen-bond donors (Lipinski definition) is 0. The summed E-state index contributed by atoms with van der Waals surface area (Å²) in [5, 5.41) is 0. The lowest BCUT2D eigenvalue weighted by Crippen LogP contribution is -2.17. The Bertz CT molecular complexity index is 960. The van der Waals surface area contributed by atoms with Gasteiger partial charge in [0, 0.05) is 31.2 Å². The van der Waals surface area contributed by atoms with E-state index < -0.39 is 4.83 Å². The second-order valence-corrected chi connectivity index (χ2v) is 9.29. The molecule has 0 aliphatic carbocycles. The number of esters is 2. The van der Waals surface area contributed by atoms with Crippen LogP contribution in [-0.4, -0.2) is 49.3 Å². The van der Waals surface area contributed by atoms with Gasteiger partial charge in [0.25, 0.3) is 0 Å². The number of carbonyl (C=O) groups is 2. The van der Waals surface area contributed by atoms with E-state index in [0.29, 0.717) is 0 Å². The highest BCUT2D eigenvalue weighted by molar-refractivity contribution is 9.09. The smallest absolute Gasteiger partial charge is 0.324 e. The van der Waals surface area contributed by atoms with Crippen LogP contribution in [0.5, 0.6) is 0 Å². The largest absolute Gasteiger partial charge is 0.469 e. The van der Waals surface area contributed by atoms with Crippen LogP contribution in [0.1, 0.15) is 78.1 Å². The summed E-state index contributed by atoms with van der Waals surface area (Å²) in [4.78, 5) is 31.2. The third-order valence-corrected chi connectivity index (χ3v) is 6.88. The van der Waals surface area contributed by atoms with Crippen LogP contribution < -0.4 is 0 Å². The number of hydrogen-bond acceptors (Lipinski definition) is 8. The van der Waals surface area contributed by atoms with Crippen molar-refractivity contribution in [1.82, 2.24) is 9.97 Å². The number of pyridine rings is 2. The first-order chi connectivity index (χ1) is 17.0. The highest BCUT2D eigenvalue weighted by Crippen LogP contribution is 2.34. The van der Waals surface area contributed by atoms with Gasteiger partial charge in [-0.2, -0.15) is 0 Å². The van der Waals surface area contributed by atoms with E-state index in [1.807, 2.05) is 24.3 Å². The van der Waals surface area contributed by atoms with Crippen LogP contribution in [0.3, 0.4) is 0 Å². The molecule has 3 unspecified atom stereocenters. The molecule has 2 aliphatic heterocycles. The van der Waals surface area contributed by atoms with Crippen LogP contribution in [0.15, 0.2) is 36.7 Å². The zero-order valence-electron chi connectivity index (χ0n) is 20.3. The number of nitrogens with zero attached hydrogens (tertiary/aromatic N) is 2. The van der Waals surface area contributed by atoms with Gasteiger partial charge in [0.2, 0.25) is 0 Å². The zero-order valence-corrected chi connectivity index (χ0v) is 21.9. The number of halogens is 1. The van der Waals surface area contributed by atoms with Gasteiger partial charge in [0.05, 0.1) is 44.2 Å². The van der Waals surface area contributed by atoms with Gasteiger partial charge in [-0.25, -0.2) is 0 Å². The Morgan fingerprint density at radius 1 is 0.943 bits per heavy atom. The van der Waals surface area contributed by atoms with E-state index in [0.717, 1.165) is 74.3 Å². The van der Waals surface area contributed by atoms with Crippen molar-refractivity contribution in [3.8, 4) is 0 Å². The van der Waals surface area contributed by atoms with E-state index in [2.05, 4.69) is 30.6 Å². The van der Waals surface area contributed by atoms with E-state index in [9.17, 15) is 9.59 Å². The fourth-order valence-corrected chi connectivity index (χ4v) is 4.75. The van der Waals surface area contributed by atoms with Crippen molar-refractivity contribution in [3.63, 3.8) is 0 Å². The van der Waals surface area contributed by atoms with Crippen LogP contribution in [0.2, 0.25) is 0 Å². The van der Waals surface area contributed by atoms with E-state index in [-0.39, 0.29) is 30.6 Å². The number of methoxy groups -OCH3 is 2. The van der Waals surface area contributed by atoms with Crippen LogP contribution in [0.25, 0.3) is 0 Å². The van der Waals surface area contributed by atoms with Crippen molar-refractivity contribution in [2.24, 2.45) is 0 Å². The number of alkyl halides is 1. The van der Waals surface area contributed by atoms with Crippen molar-refractivity contribution in [1.29, 1.82) is 0 Å². The minimum absolute atomic E-state index is 0.0142. The second kappa shape index (κ2) is 14.3. The summed E-state index contributed by atoms with van der Waals surface area (Å²) in [5.74, 6) is -0.560. The molecule has 0 radical (unpaired) electrons. The first-order valence-corrected chi connectivity index (χ1v) is 12.9. The van der Waals surface area contributed by atoms with Crippen molar-refractivity contribution in [2.75, 3.05) is 27.4 Å². The molecule has 9 heteroatoms. The van der Waals surface area contributed by atoms with E-state index in [1.54, 1.807) is 12.4 Å². The summed E-state index contributed by atoms with van der Waals surface area (Å²) in [5.41, 5.74) is 3.46. The predicted octanol–water partition coefficient (Wildman–Crippen LogP) is 4.97. The standard InChI is InChI=1S/C13H16BrNO3.C13H17NO3/c1-17-13(16)11(14)9-5-4-7-15-12(9)10-6-2-3-8-18-10;1-16-12(15)9-10-5-4-7-14-13(10)11-6-2-3-8-17-11/h4-5,7,10-11H,2-3,6,8H2,1H3;4-5,7,11H,2-3,6,8-9H2,1H3. The van der Waals surface area contributed by atoms with Crippen molar-refractivity contribution >= 4 is 27.9 Å². The monoisotopic (exact) mass is 548 g/mol. The third kappa shape index (κ3) is 7.81. The summed E-state index contributed by atoms with van der Waals surface area (Å²) in [7, 11) is 2.78. The van der Waals surface area contributed by atoms with Gasteiger partial charge >= 0.3 is 11.9 Å². The molecule has 4 heterocycles. The van der Waals surface area contributed by atoms with Gasteiger partial charge in [0.1, 0.15) is 4.83 Å². The lowest BCUT2D eigenvalue weighted by molar-refractivity contribution is -0.140. The maximum Gasteiger partial charge on any atom is 0.324 e. The lowest BCUT2D eigenvalue weighted by atomic mass is 10.0. The second-order valence-electron chi connectivity index (χ2n) is 8.37. The summed E-state index contributed by atoms with van der Waals surface area (Å²) in [6, 6.07) is 7.46. The highest BCUT2D eigenvalue weighted by atomic mass is 79.9. The average Bonchev–Trinajstić information content (AvgIpc) is 2.93. The molecule has 0 bridgehead atoms. The number of ether oxygens (including phenoxy) is 4. The van der Waals surface area contributed by atoms with Gasteiger partial charge in [0.15, 0.2) is 0 Å². The third-order valence-electron chi connectivity index (χ3n) is 6.01. The van der Waals surface area contributed by atoms with Gasteiger partial charge in [-0.3, -0.25) is 19.6 Å². The molecule has 4 rings (SSSR count). The molecule has 0 aromatic carbocycles. The Hall–Kier alpha value is -2.36. The molecule has 2 aromatic heterocycles. The Labute approximate surface area is 214 Å². The number of carbonyl (C=O) groups excluding carboxylic acids is 2. The molecule has 0 amide bonds. The molecule has 2 fully saturated rings. The van der Waals surface area contributed by atoms with Gasteiger partial charge in [-0.15, -0.1) is 0 Å². The molecule has 2 aromatic rings. The minimum Gasteiger partial charge on any atom is -0.469 e. The molecule has 2 saturated heterocycles. The van der Waals surface area contributed by atoms with Crippen LogP contribution in [0, 0.1) is 0 Å². The molecule has 0 N–H and O–H groups in total. The van der Waals surface area contributed by atoms with Gasteiger partial charge in [-0.1, -0.05) is 28.1 Å². The predicted molar refractivity (Wildman–Crippen MR) is 133 cm³/mol. The maximum absolute atomic E-state index is 11.6. The van der Waals surface area contributed by atoms with Crippen LogP contribution >= 0.6 is 15.9 Å². The summed E-state index contributed by atoms with van der Waals surface area (Å²) in [6.45, 7) is 1.53. The summed E-state index contributed by atoms with van der Waals surface area (Å²) < 4.78 is 20.9. The first-order valence-electron chi connectivity index (χ1n) is 12.0. The maximum atomic E-state index is 11.6. The normalized spacial score (nSPS) is 20.7. The van der Waals surface area contributed by atoms with Crippen LogP contribution in [0.4, 0.5) is 0 Å². The fraction of sp³-hybridized carbons (Fsp3) is 0.538. The molecule has 35 heavy (non-hydrogen) atoms. The summed E-state index contributed by atoms with van der Waals surface area (Å²) >= 11 is 3.36. The number of rotatable bonds is 6. The SMILES string of the molecule is COC(=O)C(Br)c1cccnc1C1CCCCO1.COC(=O)Cc1cccnc1C1CCCCO1. The molecule has 0 saturated carbocycles. The Kier molecular flexibility index (Phi) is 11.1. The van der Waals surface area contributed by atoms with Gasteiger partial charge < -0.3 is 18.9 Å². The lowest BCUT2D eigenvalue weighted by Gasteiger charge is -2.24. The van der Waals surface area contributed by atoms with Crippen molar-refractivity contribution in [3.05, 3.63) is 59.2 Å². The molecule has 3 atom stereocenters. The molecule has 0 spiro atoms. The Morgan fingerprint density at radius 2 is 1.54 bits per heavy atom. The van der Waals surface area contributed by atoms with Gasteiger partial charge in [-0.05, 0) is 56.2 Å². The van der Waals surface area contributed by atoms with E-state index >= 15 is 0 Å². The topological polar surface area (TPSA) is 96.8 Å². The number of aromatic nitrogens is 2. The van der Waals surface area contributed by atoms with Crippen LogP contribution in [-0.2, 0) is 35.0 Å². The molecular formula is C26H33BrN2O6. The fourth-order valence-electron chi connectivity index (χ4n) is 4.17. The quantitative estimate of drug-likeness (QED) is 0.368. The Balaban J connectivity index is 0.000000196. The van der Waals surface area contributed by atoms with Crippen molar-refractivity contribution in [2.45, 2.75) is 62.0 Å². The Morgan fingerprint density at radius 3 is 2.11 bits per heavy atom. The molecule has 190 valence electrons. The minimum atomic E-state index is -0.489. The molecule has 2 aliphatic rings. The molecule has 8 nitrogen and oxygen atoms in total. The molecular weight excluding hydrogens is 516 g/mol. The summed E-state index contributed by atoms with van der Waals surface area (Å²) in [6.07, 6.45) is 10.2. The van der Waals surface area contributed by atoms with E-state index in [4.69, 9.17) is 14.2 Å². The van der Waals surface area contributed by atoms with E-state index in [1.165, 1.54) is 14.2 Å². The highest BCUT2D eigenvalue weighted by Gasteiger charge is 2.27.